The van der Waals surface area contributed by atoms with Crippen LogP contribution in [0.25, 0.3) is 0 Å². The van der Waals surface area contributed by atoms with Crippen LogP contribution in [-0.4, -0.2) is 29.7 Å². The summed E-state index contributed by atoms with van der Waals surface area (Å²) < 4.78 is 12.0. The number of fused-ring (bicyclic) bond motifs is 4. The van der Waals surface area contributed by atoms with Gasteiger partial charge in [-0.15, -0.1) is 6.42 Å². The van der Waals surface area contributed by atoms with Crippen LogP contribution in [0.15, 0.2) is 22.8 Å². The maximum absolute atomic E-state index is 11.2. The minimum atomic E-state index is -0.925. The van der Waals surface area contributed by atoms with Crippen molar-refractivity contribution in [3.8, 4) is 12.3 Å². The number of hydrogen-bond donors (Lipinski definition) is 1. The van der Waals surface area contributed by atoms with Gasteiger partial charge in [0.25, 0.3) is 0 Å². The third-order valence-electron chi connectivity index (χ3n) is 8.38. The van der Waals surface area contributed by atoms with Crippen molar-refractivity contribution < 1.29 is 14.6 Å². The van der Waals surface area contributed by atoms with E-state index in [0.29, 0.717) is 11.8 Å². The normalized spacial score (nSPS) is 43.5. The lowest BCUT2D eigenvalue weighted by molar-refractivity contribution is -0.164. The van der Waals surface area contributed by atoms with E-state index in [9.17, 15) is 5.11 Å². The van der Waals surface area contributed by atoms with Gasteiger partial charge in [-0.2, -0.15) is 0 Å². The molecule has 3 nitrogen and oxygen atoms in total. The molecule has 140 valence electrons. The Morgan fingerprint density at radius 2 is 2.04 bits per heavy atom. The van der Waals surface area contributed by atoms with Gasteiger partial charge in [-0.3, -0.25) is 0 Å². The van der Waals surface area contributed by atoms with Crippen molar-refractivity contribution in [2.24, 2.45) is 17.3 Å². The standard InChI is InChI=1S/C23H30O3/c1-3-21-10-7-18-17-8-12-23(25-13-14-26-23)15-16(17)5-6-19(18)20(21)9-11-22(21,24)4-2/h2,7,19-20,24H,3,5-6,8-15H2,1H3/t19-,20+,21+,22+/m1/s1. The molecule has 1 saturated heterocycles. The summed E-state index contributed by atoms with van der Waals surface area (Å²) >= 11 is 0. The van der Waals surface area contributed by atoms with E-state index in [0.717, 1.165) is 64.6 Å². The fourth-order valence-corrected chi connectivity index (χ4v) is 7.05. The first-order valence-electron chi connectivity index (χ1n) is 10.5. The van der Waals surface area contributed by atoms with Crippen molar-refractivity contribution in [3.05, 3.63) is 22.8 Å². The number of allylic oxidation sites excluding steroid dienone is 3. The minimum Gasteiger partial charge on any atom is -0.377 e. The van der Waals surface area contributed by atoms with Gasteiger partial charge in [0, 0.05) is 18.3 Å². The topological polar surface area (TPSA) is 38.7 Å². The zero-order valence-electron chi connectivity index (χ0n) is 15.9. The van der Waals surface area contributed by atoms with Gasteiger partial charge >= 0.3 is 0 Å². The Hall–Kier alpha value is -1.08. The van der Waals surface area contributed by atoms with Crippen LogP contribution in [0.2, 0.25) is 0 Å². The molecule has 1 spiro atoms. The van der Waals surface area contributed by atoms with Crippen LogP contribution in [0.4, 0.5) is 0 Å². The Bertz CT molecular complexity index is 720. The Morgan fingerprint density at radius 1 is 1.23 bits per heavy atom. The van der Waals surface area contributed by atoms with Crippen LogP contribution in [0.5, 0.6) is 0 Å². The van der Waals surface area contributed by atoms with Crippen molar-refractivity contribution in [2.75, 3.05) is 13.2 Å². The van der Waals surface area contributed by atoms with E-state index in [-0.39, 0.29) is 11.2 Å². The predicted octanol–water partition coefficient (Wildman–Crippen LogP) is 4.12. The summed E-state index contributed by atoms with van der Waals surface area (Å²) in [4.78, 5) is 0. The minimum absolute atomic E-state index is 0.123. The van der Waals surface area contributed by atoms with Crippen molar-refractivity contribution in [3.63, 3.8) is 0 Å². The predicted molar refractivity (Wildman–Crippen MR) is 100 cm³/mol. The SMILES string of the molecule is C#C[C@]1(O)CC[C@H]2[C@@H]3CCC4=C(CCC5(C4)OCCO5)C3=CC[C@@]21CC. The molecule has 4 atom stereocenters. The maximum Gasteiger partial charge on any atom is 0.172 e. The highest BCUT2D eigenvalue weighted by molar-refractivity contribution is 5.45. The van der Waals surface area contributed by atoms with E-state index < -0.39 is 5.60 Å². The lowest BCUT2D eigenvalue weighted by Crippen LogP contribution is -2.50. The van der Waals surface area contributed by atoms with Gasteiger partial charge in [-0.25, -0.2) is 0 Å². The molecule has 4 aliphatic carbocycles. The summed E-state index contributed by atoms with van der Waals surface area (Å²) in [6.07, 6.45) is 17.3. The highest BCUT2D eigenvalue weighted by atomic mass is 16.7. The van der Waals surface area contributed by atoms with Gasteiger partial charge in [-0.05, 0) is 67.9 Å². The second kappa shape index (κ2) is 5.71. The summed E-state index contributed by atoms with van der Waals surface area (Å²) in [5, 5.41) is 11.2. The van der Waals surface area contributed by atoms with Gasteiger partial charge in [0.2, 0.25) is 0 Å². The molecule has 26 heavy (non-hydrogen) atoms. The molecule has 0 radical (unpaired) electrons. The fourth-order valence-electron chi connectivity index (χ4n) is 7.05. The molecule has 1 saturated carbocycles. The molecule has 0 aromatic carbocycles. The van der Waals surface area contributed by atoms with E-state index in [2.05, 4.69) is 18.9 Å². The molecule has 0 aromatic heterocycles. The van der Waals surface area contributed by atoms with E-state index in [1.54, 1.807) is 16.7 Å². The summed E-state index contributed by atoms with van der Waals surface area (Å²) in [5.74, 6) is 3.57. The first-order chi connectivity index (χ1) is 12.6. The molecule has 0 unspecified atom stereocenters. The Morgan fingerprint density at radius 3 is 2.77 bits per heavy atom. The molecule has 0 amide bonds. The molecular weight excluding hydrogens is 324 g/mol. The highest BCUT2D eigenvalue weighted by Gasteiger charge is 2.61. The van der Waals surface area contributed by atoms with E-state index in [1.165, 1.54) is 6.42 Å². The van der Waals surface area contributed by atoms with Gasteiger partial charge in [0.05, 0.1) is 13.2 Å². The zero-order valence-corrected chi connectivity index (χ0v) is 15.9. The molecule has 2 fully saturated rings. The number of rotatable bonds is 1. The molecule has 0 bridgehead atoms. The fraction of sp³-hybridized carbons (Fsp3) is 0.739. The lowest BCUT2D eigenvalue weighted by atomic mass is 9.54. The second-order valence-corrected chi connectivity index (χ2v) is 9.03. The Kier molecular flexibility index (Phi) is 3.74. The molecule has 1 heterocycles. The van der Waals surface area contributed by atoms with Crippen LogP contribution in [0.3, 0.4) is 0 Å². The summed E-state index contributed by atoms with van der Waals surface area (Å²) in [5.41, 5.74) is 3.68. The first kappa shape index (κ1) is 17.0. The van der Waals surface area contributed by atoms with Gasteiger partial charge in [-0.1, -0.05) is 24.5 Å². The smallest absolute Gasteiger partial charge is 0.172 e. The summed E-state index contributed by atoms with van der Waals surface area (Å²) in [6.45, 7) is 3.69. The quantitative estimate of drug-likeness (QED) is 0.720. The molecule has 1 aliphatic heterocycles. The maximum atomic E-state index is 11.2. The number of terminal acetylenes is 1. The van der Waals surface area contributed by atoms with Gasteiger partial charge in [0.15, 0.2) is 5.79 Å². The van der Waals surface area contributed by atoms with Crippen molar-refractivity contribution in [2.45, 2.75) is 76.1 Å². The van der Waals surface area contributed by atoms with Crippen LogP contribution in [0.1, 0.15) is 64.7 Å². The number of hydrogen-bond acceptors (Lipinski definition) is 3. The van der Waals surface area contributed by atoms with Gasteiger partial charge in [0.1, 0.15) is 5.60 Å². The van der Waals surface area contributed by atoms with Crippen LogP contribution in [-0.2, 0) is 9.47 Å². The van der Waals surface area contributed by atoms with Crippen molar-refractivity contribution >= 4 is 0 Å². The Balaban J connectivity index is 1.50. The molecule has 0 aromatic rings. The van der Waals surface area contributed by atoms with Crippen molar-refractivity contribution in [1.82, 2.24) is 0 Å². The highest BCUT2D eigenvalue weighted by Crippen LogP contribution is 2.64. The second-order valence-electron chi connectivity index (χ2n) is 9.03. The first-order valence-corrected chi connectivity index (χ1v) is 10.5. The molecule has 5 rings (SSSR count). The zero-order chi connectivity index (χ0) is 18.0. The third-order valence-corrected chi connectivity index (χ3v) is 8.38. The van der Waals surface area contributed by atoms with E-state index in [4.69, 9.17) is 15.9 Å². The largest absolute Gasteiger partial charge is 0.377 e. The molecule has 3 heteroatoms. The summed E-state index contributed by atoms with van der Waals surface area (Å²) in [6, 6.07) is 0. The summed E-state index contributed by atoms with van der Waals surface area (Å²) in [7, 11) is 0. The molecule has 5 aliphatic rings. The van der Waals surface area contributed by atoms with Crippen LogP contribution < -0.4 is 0 Å². The van der Waals surface area contributed by atoms with Crippen LogP contribution in [0, 0.1) is 29.6 Å². The van der Waals surface area contributed by atoms with Crippen molar-refractivity contribution in [1.29, 1.82) is 0 Å². The average molecular weight is 354 g/mol. The third kappa shape index (κ3) is 2.07. The van der Waals surface area contributed by atoms with Gasteiger partial charge < -0.3 is 14.6 Å². The number of aliphatic hydroxyl groups is 1. The average Bonchev–Trinajstić information content (AvgIpc) is 3.24. The number of ether oxygens (including phenoxy) is 2. The van der Waals surface area contributed by atoms with E-state index >= 15 is 0 Å². The lowest BCUT2D eigenvalue weighted by Gasteiger charge is -2.51. The van der Waals surface area contributed by atoms with E-state index in [1.807, 2.05) is 0 Å². The molecule has 1 N–H and O–H groups in total. The van der Waals surface area contributed by atoms with Crippen LogP contribution >= 0.6 is 0 Å². The Labute approximate surface area is 156 Å². The monoisotopic (exact) mass is 354 g/mol. The molecular formula is C23H30O3.